The number of methoxy groups -OCH3 is 1. The van der Waals surface area contributed by atoms with Crippen molar-refractivity contribution in [3.63, 3.8) is 0 Å². The molecule has 2 bridgehead atoms. The molecule has 3 aliphatic heterocycles. The van der Waals surface area contributed by atoms with Crippen molar-refractivity contribution in [1.29, 1.82) is 0 Å². The third-order valence-electron chi connectivity index (χ3n) is 5.71. The SMILES string of the molecule is COC1(C2CSC(=O)N2)CC2C[C@@H](CCC(C)/C=C\CC/C(C)=C\C(=O)O2)O1. The Morgan fingerprint density at radius 3 is 2.82 bits per heavy atom. The van der Waals surface area contributed by atoms with Crippen molar-refractivity contribution in [3.8, 4) is 0 Å². The van der Waals surface area contributed by atoms with Gasteiger partial charge in [0, 0.05) is 31.8 Å². The zero-order valence-corrected chi connectivity index (χ0v) is 17.8. The van der Waals surface area contributed by atoms with E-state index in [1.165, 1.54) is 11.8 Å². The van der Waals surface area contributed by atoms with Crippen LogP contribution in [-0.4, -0.2) is 48.1 Å². The summed E-state index contributed by atoms with van der Waals surface area (Å²) in [6.07, 6.45) is 10.3. The van der Waals surface area contributed by atoms with Crippen molar-refractivity contribution in [2.24, 2.45) is 5.92 Å². The van der Waals surface area contributed by atoms with Gasteiger partial charge in [-0.3, -0.25) is 4.79 Å². The van der Waals surface area contributed by atoms with E-state index in [1.807, 2.05) is 6.92 Å². The highest BCUT2D eigenvalue weighted by Crippen LogP contribution is 2.39. The molecule has 5 atom stereocenters. The molecule has 28 heavy (non-hydrogen) atoms. The molecular weight excluding hydrogens is 378 g/mol. The molecule has 1 N–H and O–H groups in total. The molecule has 0 aromatic carbocycles. The Bertz CT molecular complexity index is 649. The lowest BCUT2D eigenvalue weighted by molar-refractivity contribution is -0.296. The monoisotopic (exact) mass is 409 g/mol. The van der Waals surface area contributed by atoms with Crippen LogP contribution in [0.2, 0.25) is 0 Å². The first kappa shape index (κ1) is 21.4. The summed E-state index contributed by atoms with van der Waals surface area (Å²) in [4.78, 5) is 24.2. The number of nitrogens with one attached hydrogen (secondary N) is 1. The molecule has 2 saturated heterocycles. The van der Waals surface area contributed by atoms with Gasteiger partial charge in [0.2, 0.25) is 0 Å². The lowest BCUT2D eigenvalue weighted by atomic mass is 9.90. The predicted octanol–water partition coefficient (Wildman–Crippen LogP) is 3.96. The molecular formula is C21H31NO5S. The van der Waals surface area contributed by atoms with Crippen molar-refractivity contribution in [2.75, 3.05) is 12.9 Å². The molecule has 2 fully saturated rings. The minimum atomic E-state index is -0.970. The Morgan fingerprint density at radius 1 is 1.29 bits per heavy atom. The molecule has 6 nitrogen and oxygen atoms in total. The minimum absolute atomic E-state index is 0.0693. The fraction of sp³-hybridized carbons (Fsp3) is 0.714. The number of ether oxygens (including phenoxy) is 3. The van der Waals surface area contributed by atoms with Crippen molar-refractivity contribution >= 4 is 23.0 Å². The molecule has 3 aliphatic rings. The number of thioether (sulfide) groups is 1. The van der Waals surface area contributed by atoms with Gasteiger partial charge < -0.3 is 19.5 Å². The van der Waals surface area contributed by atoms with E-state index in [1.54, 1.807) is 13.2 Å². The molecule has 0 aliphatic carbocycles. The van der Waals surface area contributed by atoms with E-state index >= 15 is 0 Å². The van der Waals surface area contributed by atoms with E-state index in [0.717, 1.165) is 31.3 Å². The van der Waals surface area contributed by atoms with Gasteiger partial charge in [-0.1, -0.05) is 36.4 Å². The average molecular weight is 410 g/mol. The van der Waals surface area contributed by atoms with Crippen LogP contribution < -0.4 is 5.32 Å². The number of amides is 1. The molecule has 7 heteroatoms. The van der Waals surface area contributed by atoms with Gasteiger partial charge >= 0.3 is 5.97 Å². The largest absolute Gasteiger partial charge is 0.459 e. The molecule has 0 spiro atoms. The van der Waals surface area contributed by atoms with Crippen LogP contribution in [0.5, 0.6) is 0 Å². The van der Waals surface area contributed by atoms with Crippen LogP contribution in [-0.2, 0) is 19.0 Å². The smallest absolute Gasteiger partial charge is 0.330 e. The van der Waals surface area contributed by atoms with Gasteiger partial charge in [0.1, 0.15) is 6.10 Å². The van der Waals surface area contributed by atoms with Gasteiger partial charge in [-0.05, 0) is 38.5 Å². The highest BCUT2D eigenvalue weighted by atomic mass is 32.2. The maximum atomic E-state index is 12.4. The van der Waals surface area contributed by atoms with Gasteiger partial charge in [0.05, 0.1) is 12.1 Å². The van der Waals surface area contributed by atoms with E-state index in [4.69, 9.17) is 14.2 Å². The van der Waals surface area contributed by atoms with Crippen LogP contribution in [0, 0.1) is 5.92 Å². The Kier molecular flexibility index (Phi) is 7.23. The molecule has 1 amide bonds. The van der Waals surface area contributed by atoms with Gasteiger partial charge in [-0.2, -0.15) is 0 Å². The number of hydrogen-bond acceptors (Lipinski definition) is 6. The van der Waals surface area contributed by atoms with Crippen LogP contribution in [0.15, 0.2) is 23.8 Å². The van der Waals surface area contributed by atoms with Gasteiger partial charge in [-0.15, -0.1) is 0 Å². The summed E-state index contributed by atoms with van der Waals surface area (Å²) in [6, 6.07) is -0.257. The van der Waals surface area contributed by atoms with Crippen LogP contribution in [0.3, 0.4) is 0 Å². The summed E-state index contributed by atoms with van der Waals surface area (Å²) < 4.78 is 18.0. The summed E-state index contributed by atoms with van der Waals surface area (Å²) in [5, 5.41) is 2.88. The maximum absolute atomic E-state index is 12.4. The second-order valence-corrected chi connectivity index (χ2v) is 9.05. The van der Waals surface area contributed by atoms with Crippen molar-refractivity contribution in [2.45, 2.75) is 76.4 Å². The van der Waals surface area contributed by atoms with Crippen molar-refractivity contribution < 1.29 is 23.8 Å². The van der Waals surface area contributed by atoms with Gasteiger partial charge in [-0.25, -0.2) is 4.79 Å². The van der Waals surface area contributed by atoms with E-state index in [2.05, 4.69) is 24.4 Å². The zero-order chi connectivity index (χ0) is 20.1. The number of hydrogen-bond donors (Lipinski definition) is 1. The Labute approximate surface area is 171 Å². The maximum Gasteiger partial charge on any atom is 0.330 e. The predicted molar refractivity (Wildman–Crippen MR) is 109 cm³/mol. The standard InChI is InChI=1S/C21H31NO5S/c1-14-6-4-5-7-15(2)10-19(23)26-17-11-16(9-8-14)27-21(12-17,25-3)18-13-28-20(24)22-18/h4,6,10,14,16-18H,5,7-9,11-13H2,1-3H3,(H,22,24)/b6-4-,15-10-/t14?,16-,17?,18?,21?/m1/s1. The van der Waals surface area contributed by atoms with Crippen LogP contribution in [0.1, 0.15) is 52.4 Å². The molecule has 3 rings (SSSR count). The fourth-order valence-electron chi connectivity index (χ4n) is 4.11. The van der Waals surface area contributed by atoms with Crippen molar-refractivity contribution in [3.05, 3.63) is 23.8 Å². The Morgan fingerprint density at radius 2 is 2.11 bits per heavy atom. The summed E-state index contributed by atoms with van der Waals surface area (Å²) in [5.41, 5.74) is 1.01. The summed E-state index contributed by atoms with van der Waals surface area (Å²) in [7, 11) is 1.60. The average Bonchev–Trinajstić information content (AvgIpc) is 3.09. The second-order valence-electron chi connectivity index (χ2n) is 8.06. The highest BCUT2D eigenvalue weighted by Gasteiger charge is 2.51. The fourth-order valence-corrected chi connectivity index (χ4v) is 5.00. The first-order valence-corrected chi connectivity index (χ1v) is 11.1. The number of fused-ring (bicyclic) bond motifs is 2. The van der Waals surface area contributed by atoms with Crippen LogP contribution in [0.25, 0.3) is 0 Å². The molecule has 4 unspecified atom stereocenters. The van der Waals surface area contributed by atoms with E-state index in [-0.39, 0.29) is 29.5 Å². The third kappa shape index (κ3) is 5.39. The number of carbonyl (C=O) groups is 2. The molecule has 156 valence electrons. The third-order valence-corrected chi connectivity index (χ3v) is 6.59. The normalized spacial score (nSPS) is 40.6. The van der Waals surface area contributed by atoms with Gasteiger partial charge in [0.25, 0.3) is 5.24 Å². The summed E-state index contributed by atoms with van der Waals surface area (Å²) in [5.74, 6) is -0.245. The van der Waals surface area contributed by atoms with Crippen LogP contribution in [0.4, 0.5) is 4.79 Å². The summed E-state index contributed by atoms with van der Waals surface area (Å²) in [6.45, 7) is 4.17. The first-order valence-electron chi connectivity index (χ1n) is 10.1. The highest BCUT2D eigenvalue weighted by molar-refractivity contribution is 8.14. The van der Waals surface area contributed by atoms with Crippen LogP contribution >= 0.6 is 11.8 Å². The number of rotatable bonds is 2. The second kappa shape index (κ2) is 9.46. The number of carbonyl (C=O) groups excluding carboxylic acids is 2. The van der Waals surface area contributed by atoms with E-state index < -0.39 is 5.79 Å². The molecule has 3 heterocycles. The Balaban J connectivity index is 1.82. The number of allylic oxidation sites excluding steroid dienone is 3. The molecule has 0 aromatic rings. The van der Waals surface area contributed by atoms with Gasteiger partial charge in [0.15, 0.2) is 5.79 Å². The lowest BCUT2D eigenvalue weighted by Crippen LogP contribution is -2.59. The zero-order valence-electron chi connectivity index (χ0n) is 16.9. The topological polar surface area (TPSA) is 73.9 Å². The minimum Gasteiger partial charge on any atom is -0.459 e. The van der Waals surface area contributed by atoms with E-state index in [9.17, 15) is 9.59 Å². The first-order chi connectivity index (χ1) is 13.4. The molecule has 0 saturated carbocycles. The summed E-state index contributed by atoms with van der Waals surface area (Å²) >= 11 is 1.23. The molecule has 0 aromatic heterocycles. The van der Waals surface area contributed by atoms with E-state index in [0.29, 0.717) is 24.5 Å². The quantitative estimate of drug-likeness (QED) is 0.550. The molecule has 0 radical (unpaired) electrons. The number of esters is 1. The Hall–Kier alpha value is -1.31. The lowest BCUT2D eigenvalue weighted by Gasteiger charge is -2.46. The van der Waals surface area contributed by atoms with Crippen molar-refractivity contribution in [1.82, 2.24) is 5.32 Å².